The molecule has 0 bridgehead atoms. The van der Waals surface area contributed by atoms with Gasteiger partial charge in [-0.3, -0.25) is 4.79 Å². The molecular formula is C18H26O6. The minimum atomic E-state index is -0.887. The first-order chi connectivity index (χ1) is 11.5. The summed E-state index contributed by atoms with van der Waals surface area (Å²) in [5.41, 5.74) is 1.22. The maximum atomic E-state index is 11.7. The lowest BCUT2D eigenvalue weighted by Crippen LogP contribution is -2.09. The summed E-state index contributed by atoms with van der Waals surface area (Å²) in [7, 11) is 0. The number of ether oxygens (including phenoxy) is 1. The highest BCUT2D eigenvalue weighted by Crippen LogP contribution is 2.29. The second kappa shape index (κ2) is 10.6. The van der Waals surface area contributed by atoms with E-state index in [9.17, 15) is 19.8 Å². The molecule has 6 heteroatoms. The van der Waals surface area contributed by atoms with Gasteiger partial charge in [0.05, 0.1) is 13.0 Å². The number of aliphatic hydroxyl groups is 1. The molecule has 0 aliphatic heterocycles. The van der Waals surface area contributed by atoms with Crippen molar-refractivity contribution in [2.45, 2.75) is 58.0 Å². The van der Waals surface area contributed by atoms with Gasteiger partial charge in [-0.2, -0.15) is 0 Å². The maximum absolute atomic E-state index is 11.7. The van der Waals surface area contributed by atoms with Crippen molar-refractivity contribution >= 4 is 12.3 Å². The fraction of sp³-hybridized carbons (Fsp3) is 0.556. The molecule has 0 aliphatic rings. The van der Waals surface area contributed by atoms with Crippen molar-refractivity contribution < 1.29 is 29.6 Å². The summed E-state index contributed by atoms with van der Waals surface area (Å²) in [4.78, 5) is 22.0. The highest BCUT2D eigenvalue weighted by atomic mass is 16.5. The van der Waals surface area contributed by atoms with Gasteiger partial charge in [-0.1, -0.05) is 19.3 Å². The topological polar surface area (TPSA) is 104 Å². The summed E-state index contributed by atoms with van der Waals surface area (Å²) < 4.78 is 4.92. The average Bonchev–Trinajstić information content (AvgIpc) is 2.52. The van der Waals surface area contributed by atoms with E-state index >= 15 is 0 Å². The van der Waals surface area contributed by atoms with Crippen LogP contribution in [0.15, 0.2) is 12.1 Å². The van der Waals surface area contributed by atoms with Crippen LogP contribution in [-0.4, -0.2) is 40.3 Å². The third-order valence-corrected chi connectivity index (χ3v) is 3.78. The van der Waals surface area contributed by atoms with E-state index in [0.29, 0.717) is 30.3 Å². The molecule has 0 amide bonds. The molecule has 0 saturated carbocycles. The summed E-state index contributed by atoms with van der Waals surface area (Å²) in [6.07, 6.45) is 4.01. The zero-order valence-electron chi connectivity index (χ0n) is 14.0. The number of phenols is 2. The molecule has 3 N–H and O–H groups in total. The number of hydrogen-bond donors (Lipinski definition) is 3. The smallest absolute Gasteiger partial charge is 0.310 e. The van der Waals surface area contributed by atoms with Gasteiger partial charge in [0.1, 0.15) is 23.9 Å². The Balaban J connectivity index is 2.56. The van der Waals surface area contributed by atoms with E-state index in [0.717, 1.165) is 25.7 Å². The maximum Gasteiger partial charge on any atom is 0.310 e. The molecule has 1 atom stereocenters. The molecular weight excluding hydrogens is 312 g/mol. The summed E-state index contributed by atoms with van der Waals surface area (Å²) in [6, 6.07) is 2.75. The first-order valence-corrected chi connectivity index (χ1v) is 8.30. The van der Waals surface area contributed by atoms with Crippen LogP contribution in [0, 0.1) is 0 Å². The van der Waals surface area contributed by atoms with Crippen LogP contribution in [0.5, 0.6) is 11.5 Å². The first kappa shape index (κ1) is 20.0. The molecule has 1 rings (SSSR count). The molecule has 0 aromatic heterocycles. The fourth-order valence-corrected chi connectivity index (χ4v) is 2.59. The molecule has 0 fully saturated rings. The Kier molecular flexibility index (Phi) is 8.86. The number of aromatic hydroxyl groups is 2. The Morgan fingerprint density at radius 3 is 2.58 bits per heavy atom. The third kappa shape index (κ3) is 7.00. The monoisotopic (exact) mass is 338 g/mol. The molecule has 1 aromatic rings. The molecule has 134 valence electrons. The number of phenolic OH excluding ortho intramolecular Hbond substituents is 2. The standard InChI is InChI=1S/C18H26O6/c1-2-24-18(23)10-13-9-15(21)11-17(22)16(13)8-6-4-3-5-7-14(20)12-19/h9,11-12,14,20-22H,2-8,10H2,1H3. The predicted molar refractivity (Wildman–Crippen MR) is 89.0 cm³/mol. The lowest BCUT2D eigenvalue weighted by molar-refractivity contribution is -0.142. The molecule has 0 saturated heterocycles. The third-order valence-electron chi connectivity index (χ3n) is 3.78. The van der Waals surface area contributed by atoms with Crippen molar-refractivity contribution in [1.29, 1.82) is 0 Å². The molecule has 0 spiro atoms. The van der Waals surface area contributed by atoms with E-state index in [4.69, 9.17) is 9.84 Å². The van der Waals surface area contributed by atoms with Gasteiger partial charge in [0.2, 0.25) is 0 Å². The van der Waals surface area contributed by atoms with Gasteiger partial charge in [0.25, 0.3) is 0 Å². The van der Waals surface area contributed by atoms with E-state index in [1.165, 1.54) is 12.1 Å². The zero-order chi connectivity index (χ0) is 17.9. The predicted octanol–water partition coefficient (Wildman–Crippen LogP) is 2.26. The lowest BCUT2D eigenvalue weighted by atomic mass is 9.97. The fourth-order valence-electron chi connectivity index (χ4n) is 2.59. The Hall–Kier alpha value is -2.08. The highest BCUT2D eigenvalue weighted by molar-refractivity contribution is 5.73. The molecule has 1 aromatic carbocycles. The van der Waals surface area contributed by atoms with Crippen LogP contribution in [0.2, 0.25) is 0 Å². The molecule has 6 nitrogen and oxygen atoms in total. The average molecular weight is 338 g/mol. The number of carbonyl (C=O) groups is 2. The van der Waals surface area contributed by atoms with E-state index in [-0.39, 0.29) is 24.5 Å². The number of benzene rings is 1. The molecule has 24 heavy (non-hydrogen) atoms. The summed E-state index contributed by atoms with van der Waals surface area (Å²) in [5, 5.41) is 28.8. The van der Waals surface area contributed by atoms with Crippen LogP contribution in [0.1, 0.15) is 50.2 Å². The van der Waals surface area contributed by atoms with E-state index in [1.54, 1.807) is 6.92 Å². The number of rotatable bonds is 11. The van der Waals surface area contributed by atoms with Gasteiger partial charge in [0, 0.05) is 6.07 Å². The Bertz CT molecular complexity index is 541. The Morgan fingerprint density at radius 2 is 1.92 bits per heavy atom. The van der Waals surface area contributed by atoms with Gasteiger partial charge in [0.15, 0.2) is 0 Å². The summed E-state index contributed by atoms with van der Waals surface area (Å²) >= 11 is 0. The second-order valence-corrected chi connectivity index (χ2v) is 5.74. The summed E-state index contributed by atoms with van der Waals surface area (Å²) in [6.45, 7) is 2.01. The van der Waals surface area contributed by atoms with Crippen LogP contribution in [0.3, 0.4) is 0 Å². The van der Waals surface area contributed by atoms with Crippen molar-refractivity contribution in [1.82, 2.24) is 0 Å². The van der Waals surface area contributed by atoms with E-state index in [1.807, 2.05) is 0 Å². The molecule has 0 radical (unpaired) electrons. The first-order valence-electron chi connectivity index (χ1n) is 8.30. The van der Waals surface area contributed by atoms with Gasteiger partial charge < -0.3 is 24.9 Å². The lowest BCUT2D eigenvalue weighted by Gasteiger charge is -2.12. The number of aldehydes is 1. The van der Waals surface area contributed by atoms with Crippen LogP contribution < -0.4 is 0 Å². The number of aliphatic hydroxyl groups excluding tert-OH is 1. The van der Waals surface area contributed by atoms with Crippen molar-refractivity contribution in [3.63, 3.8) is 0 Å². The highest BCUT2D eigenvalue weighted by Gasteiger charge is 2.14. The number of unbranched alkanes of at least 4 members (excludes halogenated alkanes) is 3. The molecule has 0 aliphatic carbocycles. The van der Waals surface area contributed by atoms with Crippen molar-refractivity contribution in [2.75, 3.05) is 6.61 Å². The summed E-state index contributed by atoms with van der Waals surface area (Å²) in [5.74, 6) is -0.504. The van der Waals surface area contributed by atoms with Gasteiger partial charge in [-0.05, 0) is 43.4 Å². The quantitative estimate of drug-likeness (QED) is 0.325. The largest absolute Gasteiger partial charge is 0.508 e. The van der Waals surface area contributed by atoms with E-state index in [2.05, 4.69) is 0 Å². The number of carbonyl (C=O) groups excluding carboxylic acids is 2. The SMILES string of the molecule is CCOC(=O)Cc1cc(O)cc(O)c1CCCCCCC(O)C=O. The van der Waals surface area contributed by atoms with Crippen molar-refractivity contribution in [3.8, 4) is 11.5 Å². The van der Waals surface area contributed by atoms with E-state index < -0.39 is 12.1 Å². The van der Waals surface area contributed by atoms with Crippen LogP contribution in [-0.2, 0) is 27.2 Å². The Labute approximate surface area is 142 Å². The van der Waals surface area contributed by atoms with Crippen LogP contribution in [0.25, 0.3) is 0 Å². The Morgan fingerprint density at radius 1 is 1.21 bits per heavy atom. The second-order valence-electron chi connectivity index (χ2n) is 5.74. The zero-order valence-corrected chi connectivity index (χ0v) is 14.0. The normalized spacial score (nSPS) is 11.9. The molecule has 1 unspecified atom stereocenters. The number of esters is 1. The van der Waals surface area contributed by atoms with Gasteiger partial charge in [-0.25, -0.2) is 0 Å². The minimum absolute atomic E-state index is 0.0106. The molecule has 0 heterocycles. The van der Waals surface area contributed by atoms with Gasteiger partial charge in [-0.15, -0.1) is 0 Å². The van der Waals surface area contributed by atoms with Gasteiger partial charge >= 0.3 is 5.97 Å². The number of hydrogen-bond acceptors (Lipinski definition) is 6. The van der Waals surface area contributed by atoms with Crippen molar-refractivity contribution in [2.24, 2.45) is 0 Å². The van der Waals surface area contributed by atoms with Crippen LogP contribution in [0.4, 0.5) is 0 Å². The van der Waals surface area contributed by atoms with Crippen molar-refractivity contribution in [3.05, 3.63) is 23.3 Å². The van der Waals surface area contributed by atoms with Crippen LogP contribution >= 0.6 is 0 Å². The minimum Gasteiger partial charge on any atom is -0.508 e.